The smallest absolute Gasteiger partial charge is 0.117 e. The molecule has 1 N–H and O–H groups in total. The quantitative estimate of drug-likeness (QED) is 0.572. The van der Waals surface area contributed by atoms with Crippen LogP contribution in [0.25, 0.3) is 0 Å². The summed E-state index contributed by atoms with van der Waals surface area (Å²) in [4.78, 5) is 0. The van der Waals surface area contributed by atoms with E-state index >= 15 is 0 Å². The third kappa shape index (κ3) is 7.70. The van der Waals surface area contributed by atoms with E-state index in [0.29, 0.717) is 5.70 Å². The topological polar surface area (TPSA) is 35.8 Å². The Morgan fingerprint density at radius 1 is 1.31 bits per heavy atom. The first-order valence-corrected chi connectivity index (χ1v) is 4.52. The molecule has 0 rings (SSSR count). The van der Waals surface area contributed by atoms with Crippen molar-refractivity contribution >= 4 is 23.2 Å². The maximum absolute atomic E-state index is 8.71. The molecule has 4 heteroatoms. The van der Waals surface area contributed by atoms with Crippen molar-refractivity contribution in [3.8, 4) is 6.07 Å². The zero-order valence-corrected chi connectivity index (χ0v) is 9.37. The summed E-state index contributed by atoms with van der Waals surface area (Å²) in [6.45, 7) is 5.89. The van der Waals surface area contributed by atoms with Gasteiger partial charge in [-0.05, 0) is 32.9 Å². The van der Waals surface area contributed by atoms with Gasteiger partial charge in [0.1, 0.15) is 16.3 Å². The highest BCUT2D eigenvalue weighted by molar-refractivity contribution is 6.55. The van der Waals surface area contributed by atoms with E-state index in [2.05, 4.69) is 5.32 Å². The number of nitrogens with one attached hydrogen (secondary N) is 1. The molecule has 0 fully saturated rings. The normalized spacial score (nSPS) is 11.8. The SMILES string of the molecule is CC(C)(C)N/C(C#N)=C\C=C(Cl)Cl. The van der Waals surface area contributed by atoms with E-state index in [0.717, 1.165) is 0 Å². The highest BCUT2D eigenvalue weighted by atomic mass is 35.5. The fraction of sp³-hybridized carbons (Fsp3) is 0.444. The zero-order valence-electron chi connectivity index (χ0n) is 7.86. The van der Waals surface area contributed by atoms with Crippen LogP contribution in [0.4, 0.5) is 0 Å². The second-order valence-corrected chi connectivity index (χ2v) is 4.53. The second kappa shape index (κ2) is 5.16. The molecular weight excluding hydrogens is 207 g/mol. The molecule has 0 aliphatic carbocycles. The Labute approximate surface area is 88.8 Å². The van der Waals surface area contributed by atoms with Crippen molar-refractivity contribution in [1.82, 2.24) is 5.32 Å². The third-order valence-corrected chi connectivity index (χ3v) is 1.26. The molecule has 0 radical (unpaired) electrons. The Kier molecular flexibility index (Phi) is 4.90. The van der Waals surface area contributed by atoms with Crippen molar-refractivity contribution in [3.63, 3.8) is 0 Å². The lowest BCUT2D eigenvalue weighted by molar-refractivity contribution is 0.480. The number of allylic oxidation sites excluding steroid dienone is 3. The second-order valence-electron chi connectivity index (χ2n) is 3.52. The van der Waals surface area contributed by atoms with E-state index in [4.69, 9.17) is 28.5 Å². The van der Waals surface area contributed by atoms with Crippen LogP contribution in [-0.2, 0) is 0 Å². The summed E-state index contributed by atoms with van der Waals surface area (Å²) >= 11 is 10.8. The molecular formula is C9H12Cl2N2. The largest absolute Gasteiger partial charge is 0.372 e. The van der Waals surface area contributed by atoms with Gasteiger partial charge in [0, 0.05) is 5.54 Å². The van der Waals surface area contributed by atoms with Crippen LogP contribution in [-0.4, -0.2) is 5.54 Å². The third-order valence-electron chi connectivity index (χ3n) is 1.01. The molecule has 0 saturated heterocycles. The van der Waals surface area contributed by atoms with E-state index in [1.54, 1.807) is 6.08 Å². The standard InChI is InChI=1S/C9H12Cl2N2/c1-9(2,3)13-7(6-12)4-5-8(10)11/h4-5,13H,1-3H3/b7-4-. The highest BCUT2D eigenvalue weighted by Crippen LogP contribution is 2.08. The maximum Gasteiger partial charge on any atom is 0.117 e. The Hall–Kier alpha value is -0.650. The first kappa shape index (κ1) is 12.3. The van der Waals surface area contributed by atoms with Gasteiger partial charge in [-0.1, -0.05) is 23.2 Å². The van der Waals surface area contributed by atoms with Crippen molar-refractivity contribution < 1.29 is 0 Å². The molecule has 2 nitrogen and oxygen atoms in total. The van der Waals surface area contributed by atoms with Crippen molar-refractivity contribution in [1.29, 1.82) is 5.26 Å². The summed E-state index contributed by atoms with van der Waals surface area (Å²) in [5, 5.41) is 11.7. The van der Waals surface area contributed by atoms with E-state index in [1.165, 1.54) is 6.08 Å². The summed E-state index contributed by atoms with van der Waals surface area (Å²) < 4.78 is 0.128. The summed E-state index contributed by atoms with van der Waals surface area (Å²) in [7, 11) is 0. The number of rotatable bonds is 2. The maximum atomic E-state index is 8.71. The van der Waals surface area contributed by atoms with E-state index in [1.807, 2.05) is 26.8 Å². The molecule has 0 unspecified atom stereocenters. The van der Waals surface area contributed by atoms with E-state index in [9.17, 15) is 0 Å². The number of nitrogens with zero attached hydrogens (tertiary/aromatic N) is 1. The fourth-order valence-corrected chi connectivity index (χ4v) is 0.783. The van der Waals surface area contributed by atoms with Crippen molar-refractivity contribution in [3.05, 3.63) is 22.3 Å². The Morgan fingerprint density at radius 3 is 2.15 bits per heavy atom. The number of nitriles is 1. The molecule has 0 aliphatic heterocycles. The lowest BCUT2D eigenvalue weighted by atomic mass is 10.1. The summed E-state index contributed by atoms with van der Waals surface area (Å²) in [6, 6.07) is 2.00. The van der Waals surface area contributed by atoms with Gasteiger partial charge < -0.3 is 5.32 Å². The van der Waals surface area contributed by atoms with Gasteiger partial charge in [0.2, 0.25) is 0 Å². The van der Waals surface area contributed by atoms with E-state index < -0.39 is 0 Å². The van der Waals surface area contributed by atoms with Gasteiger partial charge in [-0.25, -0.2) is 0 Å². The van der Waals surface area contributed by atoms with Gasteiger partial charge >= 0.3 is 0 Å². The summed E-state index contributed by atoms with van der Waals surface area (Å²) in [5.41, 5.74) is 0.292. The van der Waals surface area contributed by atoms with Crippen LogP contribution in [0.15, 0.2) is 22.3 Å². The minimum Gasteiger partial charge on any atom is -0.372 e. The van der Waals surface area contributed by atoms with Crippen LogP contribution in [0.1, 0.15) is 20.8 Å². The fourth-order valence-electron chi connectivity index (χ4n) is 0.657. The predicted octanol–water partition coefficient (Wildman–Crippen LogP) is 3.10. The number of hydrogen-bond donors (Lipinski definition) is 1. The van der Waals surface area contributed by atoms with Gasteiger partial charge in [0.05, 0.1) is 0 Å². The van der Waals surface area contributed by atoms with Crippen LogP contribution < -0.4 is 5.32 Å². The first-order valence-electron chi connectivity index (χ1n) is 3.76. The van der Waals surface area contributed by atoms with Crippen LogP contribution in [0.2, 0.25) is 0 Å². The molecule has 72 valence electrons. The molecule has 0 aliphatic rings. The Bertz CT molecular complexity index is 262. The molecule has 0 saturated carbocycles. The van der Waals surface area contributed by atoms with Gasteiger partial charge in [0.15, 0.2) is 0 Å². The Balaban J connectivity index is 4.47. The molecule has 13 heavy (non-hydrogen) atoms. The van der Waals surface area contributed by atoms with Crippen LogP contribution in [0, 0.1) is 11.3 Å². The monoisotopic (exact) mass is 218 g/mol. The van der Waals surface area contributed by atoms with Gasteiger partial charge in [-0.2, -0.15) is 5.26 Å². The number of hydrogen-bond acceptors (Lipinski definition) is 2. The van der Waals surface area contributed by atoms with Crippen molar-refractivity contribution in [2.45, 2.75) is 26.3 Å². The molecule has 0 spiro atoms. The van der Waals surface area contributed by atoms with Crippen LogP contribution in [0.5, 0.6) is 0 Å². The lowest BCUT2D eigenvalue weighted by Crippen LogP contribution is -2.34. The number of halogens is 2. The van der Waals surface area contributed by atoms with Gasteiger partial charge in [0.25, 0.3) is 0 Å². The van der Waals surface area contributed by atoms with Crippen molar-refractivity contribution in [2.24, 2.45) is 0 Å². The molecule has 0 heterocycles. The Morgan fingerprint density at radius 2 is 1.85 bits per heavy atom. The highest BCUT2D eigenvalue weighted by Gasteiger charge is 2.09. The van der Waals surface area contributed by atoms with Crippen LogP contribution >= 0.6 is 23.2 Å². The molecule has 0 atom stereocenters. The zero-order chi connectivity index (χ0) is 10.5. The average molecular weight is 219 g/mol. The molecule has 0 bridgehead atoms. The molecule has 0 aromatic rings. The predicted molar refractivity (Wildman–Crippen MR) is 56.4 cm³/mol. The lowest BCUT2D eigenvalue weighted by Gasteiger charge is -2.20. The first-order chi connectivity index (χ1) is 5.85. The van der Waals surface area contributed by atoms with Gasteiger partial charge in [-0.15, -0.1) is 0 Å². The van der Waals surface area contributed by atoms with Gasteiger partial charge in [-0.3, -0.25) is 0 Å². The summed E-state index contributed by atoms with van der Waals surface area (Å²) in [5.74, 6) is 0. The molecule has 0 aromatic carbocycles. The van der Waals surface area contributed by atoms with E-state index in [-0.39, 0.29) is 10.0 Å². The minimum atomic E-state index is -0.145. The van der Waals surface area contributed by atoms with Crippen molar-refractivity contribution in [2.75, 3.05) is 0 Å². The molecule has 0 aromatic heterocycles. The van der Waals surface area contributed by atoms with Crippen LogP contribution in [0.3, 0.4) is 0 Å². The average Bonchev–Trinajstić information content (AvgIpc) is 1.95. The minimum absolute atomic E-state index is 0.128. The molecule has 0 amide bonds. The summed E-state index contributed by atoms with van der Waals surface area (Å²) in [6.07, 6.45) is 3.00.